The zero-order valence-electron chi connectivity index (χ0n) is 9.75. The van der Waals surface area contributed by atoms with Gasteiger partial charge < -0.3 is 5.32 Å². The molecule has 0 atom stereocenters. The van der Waals surface area contributed by atoms with Crippen molar-refractivity contribution >= 4 is 29.4 Å². The van der Waals surface area contributed by atoms with Crippen LogP contribution >= 0.6 is 11.6 Å². The summed E-state index contributed by atoms with van der Waals surface area (Å²) in [6.07, 6.45) is 1.55. The maximum absolute atomic E-state index is 13.7. The summed E-state index contributed by atoms with van der Waals surface area (Å²) >= 11 is 5.70. The van der Waals surface area contributed by atoms with Gasteiger partial charge in [0.05, 0.1) is 11.3 Å². The van der Waals surface area contributed by atoms with Gasteiger partial charge in [-0.25, -0.2) is 18.7 Å². The van der Waals surface area contributed by atoms with Crippen molar-refractivity contribution in [2.45, 2.75) is 6.92 Å². The maximum Gasteiger partial charge on any atom is 0.156 e. The fourth-order valence-corrected chi connectivity index (χ4v) is 1.63. The lowest BCUT2D eigenvalue weighted by atomic mass is 10.2. The highest BCUT2D eigenvalue weighted by Crippen LogP contribution is 2.25. The molecule has 0 aliphatic heterocycles. The Morgan fingerprint density at radius 1 is 1.26 bits per heavy atom. The molecule has 0 amide bonds. The summed E-state index contributed by atoms with van der Waals surface area (Å²) in [5, 5.41) is 2.45. The van der Waals surface area contributed by atoms with E-state index in [0.29, 0.717) is 6.29 Å². The number of hydrogen-bond donors (Lipinski definition) is 1. The van der Waals surface area contributed by atoms with E-state index in [0.717, 1.165) is 18.5 Å². The number of anilines is 2. The first-order chi connectivity index (χ1) is 9.02. The molecule has 0 radical (unpaired) electrons. The minimum Gasteiger partial charge on any atom is -0.337 e. The predicted octanol–water partition coefficient (Wildman–Crippen LogP) is 3.27. The van der Waals surface area contributed by atoms with Gasteiger partial charge in [0.1, 0.15) is 28.9 Å². The lowest BCUT2D eigenvalue weighted by Crippen LogP contribution is -2.03. The van der Waals surface area contributed by atoms with Crippen LogP contribution in [0.5, 0.6) is 0 Å². The molecular formula is C12H8ClF2N3O. The van der Waals surface area contributed by atoms with Crippen molar-refractivity contribution in [1.29, 1.82) is 0 Å². The Labute approximate surface area is 112 Å². The molecule has 0 spiro atoms. The number of benzene rings is 1. The summed E-state index contributed by atoms with van der Waals surface area (Å²) in [5.74, 6) is -1.22. The molecule has 19 heavy (non-hydrogen) atoms. The molecule has 0 aliphatic carbocycles. The quantitative estimate of drug-likeness (QED) is 0.694. The third-order valence-corrected chi connectivity index (χ3v) is 2.76. The predicted molar refractivity (Wildman–Crippen MR) is 66.8 cm³/mol. The average Bonchev–Trinajstić information content (AvgIpc) is 2.36. The van der Waals surface area contributed by atoms with E-state index in [4.69, 9.17) is 11.6 Å². The zero-order chi connectivity index (χ0) is 14.0. The molecule has 0 unspecified atom stereocenters. The van der Waals surface area contributed by atoms with Crippen LogP contribution in [0, 0.1) is 18.6 Å². The number of carbonyl (C=O) groups is 1. The second-order valence-corrected chi connectivity index (χ2v) is 4.11. The van der Waals surface area contributed by atoms with Crippen molar-refractivity contribution in [3.05, 3.63) is 46.4 Å². The van der Waals surface area contributed by atoms with Crippen LogP contribution in [0.25, 0.3) is 0 Å². The highest BCUT2D eigenvalue weighted by atomic mass is 35.5. The van der Waals surface area contributed by atoms with Crippen molar-refractivity contribution < 1.29 is 13.6 Å². The van der Waals surface area contributed by atoms with Gasteiger partial charge in [-0.3, -0.25) is 4.79 Å². The van der Waals surface area contributed by atoms with Crippen LogP contribution < -0.4 is 5.32 Å². The smallest absolute Gasteiger partial charge is 0.156 e. The Morgan fingerprint density at radius 3 is 2.68 bits per heavy atom. The Balaban J connectivity index is 2.45. The van der Waals surface area contributed by atoms with Gasteiger partial charge in [-0.05, 0) is 18.6 Å². The monoisotopic (exact) mass is 283 g/mol. The van der Waals surface area contributed by atoms with E-state index in [9.17, 15) is 13.6 Å². The van der Waals surface area contributed by atoms with Gasteiger partial charge in [0.25, 0.3) is 0 Å². The summed E-state index contributed by atoms with van der Waals surface area (Å²) in [6.45, 7) is 1.45. The Hall–Kier alpha value is -2.08. The fraction of sp³-hybridized carbons (Fsp3) is 0.0833. The van der Waals surface area contributed by atoms with Crippen molar-refractivity contribution in [2.24, 2.45) is 0 Å². The van der Waals surface area contributed by atoms with Crippen LogP contribution in [0.1, 0.15) is 15.9 Å². The summed E-state index contributed by atoms with van der Waals surface area (Å²) in [4.78, 5) is 18.3. The number of nitrogens with one attached hydrogen (secondary N) is 1. The molecule has 2 aromatic rings. The minimum absolute atomic E-state index is 0.0113. The van der Waals surface area contributed by atoms with Crippen molar-refractivity contribution in [1.82, 2.24) is 9.97 Å². The third-order valence-electron chi connectivity index (χ3n) is 2.45. The lowest BCUT2D eigenvalue weighted by molar-refractivity contribution is 0.112. The molecular weight excluding hydrogens is 276 g/mol. The van der Waals surface area contributed by atoms with Gasteiger partial charge in [0.2, 0.25) is 0 Å². The van der Waals surface area contributed by atoms with Gasteiger partial charge in [0, 0.05) is 6.07 Å². The number of rotatable bonds is 3. The highest BCUT2D eigenvalue weighted by molar-refractivity contribution is 6.32. The SMILES string of the molecule is Cc1cc(F)c(Nc2ncnc(Cl)c2C=O)cc1F. The summed E-state index contributed by atoms with van der Waals surface area (Å²) in [6, 6.07) is 2.02. The lowest BCUT2D eigenvalue weighted by Gasteiger charge is -2.10. The molecule has 1 heterocycles. The largest absolute Gasteiger partial charge is 0.337 e. The van der Waals surface area contributed by atoms with Gasteiger partial charge in [-0.15, -0.1) is 0 Å². The van der Waals surface area contributed by atoms with Gasteiger partial charge >= 0.3 is 0 Å². The summed E-state index contributed by atoms with van der Waals surface area (Å²) in [5.41, 5.74) is 0.0184. The Morgan fingerprint density at radius 2 is 2.00 bits per heavy atom. The number of carbonyl (C=O) groups excluding carboxylic acids is 1. The maximum atomic E-state index is 13.7. The van der Waals surface area contributed by atoms with E-state index in [2.05, 4.69) is 15.3 Å². The number of aldehydes is 1. The van der Waals surface area contributed by atoms with Crippen molar-refractivity contribution in [3.63, 3.8) is 0 Å². The molecule has 7 heteroatoms. The summed E-state index contributed by atoms with van der Waals surface area (Å²) < 4.78 is 27.0. The molecule has 1 N–H and O–H groups in total. The van der Waals surface area contributed by atoms with Gasteiger partial charge in [-0.1, -0.05) is 11.6 Å². The molecule has 2 rings (SSSR count). The average molecular weight is 284 g/mol. The van der Waals surface area contributed by atoms with E-state index in [1.807, 2.05) is 0 Å². The molecule has 0 saturated carbocycles. The Kier molecular flexibility index (Phi) is 3.71. The normalized spacial score (nSPS) is 10.3. The summed E-state index contributed by atoms with van der Waals surface area (Å²) in [7, 11) is 0. The first kappa shape index (κ1) is 13.4. The molecule has 4 nitrogen and oxygen atoms in total. The zero-order valence-corrected chi connectivity index (χ0v) is 10.5. The molecule has 98 valence electrons. The van der Waals surface area contributed by atoms with Crippen LogP contribution in [-0.4, -0.2) is 16.3 Å². The molecule has 0 bridgehead atoms. The van der Waals surface area contributed by atoms with Gasteiger partial charge in [-0.2, -0.15) is 0 Å². The standard InChI is InChI=1S/C12H8ClF2N3O/c1-6-2-9(15)10(3-8(6)14)18-12-7(4-19)11(13)16-5-17-12/h2-5H,1H3,(H,16,17,18). The number of aromatic nitrogens is 2. The van der Waals surface area contributed by atoms with Crippen molar-refractivity contribution in [3.8, 4) is 0 Å². The van der Waals surface area contributed by atoms with Crippen LogP contribution in [0.3, 0.4) is 0 Å². The van der Waals surface area contributed by atoms with E-state index >= 15 is 0 Å². The van der Waals surface area contributed by atoms with Crippen molar-refractivity contribution in [2.75, 3.05) is 5.32 Å². The fourth-order valence-electron chi connectivity index (χ4n) is 1.45. The number of nitrogens with zero attached hydrogens (tertiary/aromatic N) is 2. The van der Waals surface area contributed by atoms with Crippen LogP contribution in [0.4, 0.5) is 20.3 Å². The number of aryl methyl sites for hydroxylation is 1. The number of halogens is 3. The Bertz CT molecular complexity index is 649. The van der Waals surface area contributed by atoms with Crippen LogP contribution in [0.2, 0.25) is 5.15 Å². The van der Waals surface area contributed by atoms with E-state index in [1.54, 1.807) is 0 Å². The van der Waals surface area contributed by atoms with E-state index in [1.165, 1.54) is 6.92 Å². The first-order valence-corrected chi connectivity index (χ1v) is 5.59. The first-order valence-electron chi connectivity index (χ1n) is 5.21. The van der Waals surface area contributed by atoms with Gasteiger partial charge in [0.15, 0.2) is 6.29 Å². The van der Waals surface area contributed by atoms with E-state index in [-0.39, 0.29) is 27.8 Å². The second kappa shape index (κ2) is 5.27. The molecule has 1 aromatic carbocycles. The molecule has 0 saturated heterocycles. The van der Waals surface area contributed by atoms with Crippen LogP contribution in [-0.2, 0) is 0 Å². The molecule has 1 aromatic heterocycles. The van der Waals surface area contributed by atoms with E-state index < -0.39 is 11.6 Å². The highest BCUT2D eigenvalue weighted by Gasteiger charge is 2.13. The topological polar surface area (TPSA) is 54.9 Å². The number of hydrogen-bond acceptors (Lipinski definition) is 4. The molecule has 0 fully saturated rings. The molecule has 0 aliphatic rings. The third kappa shape index (κ3) is 2.68. The minimum atomic E-state index is -0.662. The van der Waals surface area contributed by atoms with Crippen LogP contribution in [0.15, 0.2) is 18.5 Å². The second-order valence-electron chi connectivity index (χ2n) is 3.75.